The molecule has 0 spiro atoms. The molecule has 0 saturated carbocycles. The number of hydrogen-bond donors (Lipinski definition) is 2. The van der Waals surface area contributed by atoms with Crippen LogP contribution in [0.3, 0.4) is 0 Å². The standard InChI is InChI=1S/C12H17ClN2O2S.ClH/c1-8(10-2-3-11(13)18-10)15-12(16)6-9-7-17-5-4-14-9;/h2-3,8-9,14H,4-7H2,1H3,(H,15,16);1H. The van der Waals surface area contributed by atoms with E-state index in [2.05, 4.69) is 10.6 Å². The summed E-state index contributed by atoms with van der Waals surface area (Å²) in [5.41, 5.74) is 0. The van der Waals surface area contributed by atoms with Crippen LogP contribution in [0.5, 0.6) is 0 Å². The smallest absolute Gasteiger partial charge is 0.222 e. The summed E-state index contributed by atoms with van der Waals surface area (Å²) in [5, 5.41) is 6.24. The number of ether oxygens (including phenoxy) is 1. The molecule has 2 N–H and O–H groups in total. The molecule has 0 aromatic carbocycles. The molecule has 1 saturated heterocycles. The number of morpholine rings is 1. The zero-order valence-corrected chi connectivity index (χ0v) is 13.0. The van der Waals surface area contributed by atoms with E-state index >= 15 is 0 Å². The van der Waals surface area contributed by atoms with Gasteiger partial charge in [0.05, 0.1) is 23.6 Å². The van der Waals surface area contributed by atoms with Crippen LogP contribution in [-0.4, -0.2) is 31.7 Å². The van der Waals surface area contributed by atoms with Gasteiger partial charge in [0.15, 0.2) is 0 Å². The highest BCUT2D eigenvalue weighted by molar-refractivity contribution is 7.16. The molecule has 2 rings (SSSR count). The van der Waals surface area contributed by atoms with Crippen molar-refractivity contribution in [2.24, 2.45) is 0 Å². The van der Waals surface area contributed by atoms with Crippen molar-refractivity contribution in [3.63, 3.8) is 0 Å². The summed E-state index contributed by atoms with van der Waals surface area (Å²) in [6, 6.07) is 3.91. The Hall–Kier alpha value is -0.330. The third-order valence-electron chi connectivity index (χ3n) is 2.83. The summed E-state index contributed by atoms with van der Waals surface area (Å²) in [7, 11) is 0. The van der Waals surface area contributed by atoms with Gasteiger partial charge in [0, 0.05) is 23.9 Å². The summed E-state index contributed by atoms with van der Waals surface area (Å²) in [5.74, 6) is 0.0371. The quantitative estimate of drug-likeness (QED) is 0.894. The van der Waals surface area contributed by atoms with Gasteiger partial charge in [0.25, 0.3) is 0 Å². The van der Waals surface area contributed by atoms with Crippen LogP contribution in [0.1, 0.15) is 24.3 Å². The molecule has 108 valence electrons. The largest absolute Gasteiger partial charge is 0.378 e. The van der Waals surface area contributed by atoms with Gasteiger partial charge in [-0.1, -0.05) is 11.6 Å². The van der Waals surface area contributed by atoms with Gasteiger partial charge in [-0.2, -0.15) is 0 Å². The first-order valence-corrected chi connectivity index (χ1v) is 7.20. The van der Waals surface area contributed by atoms with Crippen LogP contribution in [0.15, 0.2) is 12.1 Å². The Balaban J connectivity index is 0.00000180. The lowest BCUT2D eigenvalue weighted by molar-refractivity contribution is -0.122. The third-order valence-corrected chi connectivity index (χ3v) is 4.24. The van der Waals surface area contributed by atoms with Gasteiger partial charge in [0.2, 0.25) is 5.91 Å². The number of nitrogens with one attached hydrogen (secondary N) is 2. The van der Waals surface area contributed by atoms with Crippen LogP contribution >= 0.6 is 35.3 Å². The first-order chi connectivity index (χ1) is 8.65. The van der Waals surface area contributed by atoms with Crippen molar-refractivity contribution in [1.82, 2.24) is 10.6 Å². The summed E-state index contributed by atoms with van der Waals surface area (Å²) in [6.07, 6.45) is 0.448. The number of rotatable bonds is 4. The summed E-state index contributed by atoms with van der Waals surface area (Å²) >= 11 is 7.37. The molecular formula is C12H18Cl2N2O2S. The van der Waals surface area contributed by atoms with E-state index in [1.165, 1.54) is 11.3 Å². The van der Waals surface area contributed by atoms with Gasteiger partial charge in [-0.25, -0.2) is 0 Å². The number of hydrogen-bond acceptors (Lipinski definition) is 4. The molecule has 1 aromatic rings. The lowest BCUT2D eigenvalue weighted by atomic mass is 10.1. The first-order valence-electron chi connectivity index (χ1n) is 6.01. The summed E-state index contributed by atoms with van der Waals surface area (Å²) in [6.45, 7) is 4.10. The number of thiophene rings is 1. The van der Waals surface area contributed by atoms with Crippen LogP contribution < -0.4 is 10.6 Å². The van der Waals surface area contributed by atoms with Crippen molar-refractivity contribution in [2.75, 3.05) is 19.8 Å². The maximum Gasteiger partial charge on any atom is 0.222 e. The minimum Gasteiger partial charge on any atom is -0.378 e. The molecule has 1 fully saturated rings. The monoisotopic (exact) mass is 324 g/mol. The van der Waals surface area contributed by atoms with Crippen LogP contribution in [0, 0.1) is 0 Å². The van der Waals surface area contributed by atoms with Gasteiger partial charge in [0.1, 0.15) is 0 Å². The van der Waals surface area contributed by atoms with E-state index in [0.29, 0.717) is 13.0 Å². The number of carbonyl (C=O) groups excluding carboxylic acids is 1. The number of amides is 1. The number of carbonyl (C=O) groups is 1. The van der Waals surface area contributed by atoms with Crippen molar-refractivity contribution < 1.29 is 9.53 Å². The van der Waals surface area contributed by atoms with E-state index in [9.17, 15) is 4.79 Å². The highest BCUT2D eigenvalue weighted by Crippen LogP contribution is 2.26. The van der Waals surface area contributed by atoms with Crippen molar-refractivity contribution in [1.29, 1.82) is 0 Å². The zero-order valence-electron chi connectivity index (χ0n) is 10.6. The van der Waals surface area contributed by atoms with Crippen molar-refractivity contribution in [2.45, 2.75) is 25.4 Å². The minimum atomic E-state index is -0.000455. The van der Waals surface area contributed by atoms with Gasteiger partial charge in [-0.05, 0) is 19.1 Å². The average molecular weight is 325 g/mol. The van der Waals surface area contributed by atoms with E-state index in [0.717, 1.165) is 22.4 Å². The Morgan fingerprint density at radius 1 is 1.68 bits per heavy atom. The highest BCUT2D eigenvalue weighted by atomic mass is 35.5. The number of halogens is 2. The molecule has 0 bridgehead atoms. The minimum absolute atomic E-state index is 0. The van der Waals surface area contributed by atoms with Crippen molar-refractivity contribution in [3.8, 4) is 0 Å². The van der Waals surface area contributed by atoms with Gasteiger partial charge < -0.3 is 15.4 Å². The summed E-state index contributed by atoms with van der Waals surface area (Å²) < 4.78 is 6.06. The van der Waals surface area contributed by atoms with E-state index < -0.39 is 0 Å². The third kappa shape index (κ3) is 5.28. The first kappa shape index (κ1) is 16.7. The average Bonchev–Trinajstić information content (AvgIpc) is 2.77. The van der Waals surface area contributed by atoms with E-state index in [1.807, 2.05) is 19.1 Å². The van der Waals surface area contributed by atoms with E-state index in [4.69, 9.17) is 16.3 Å². The lowest BCUT2D eigenvalue weighted by Crippen LogP contribution is -2.44. The summed E-state index contributed by atoms with van der Waals surface area (Å²) in [4.78, 5) is 12.9. The molecule has 2 unspecified atom stereocenters. The zero-order chi connectivity index (χ0) is 13.0. The second-order valence-electron chi connectivity index (χ2n) is 4.36. The van der Waals surface area contributed by atoms with Crippen molar-refractivity contribution in [3.05, 3.63) is 21.3 Å². The fraction of sp³-hybridized carbons (Fsp3) is 0.583. The van der Waals surface area contributed by atoms with Crippen LogP contribution in [0.2, 0.25) is 4.34 Å². The van der Waals surface area contributed by atoms with Gasteiger partial charge in [-0.15, -0.1) is 23.7 Å². The maximum atomic E-state index is 11.9. The predicted octanol–water partition coefficient (Wildman–Crippen LogP) is 2.38. The second kappa shape index (κ2) is 8.07. The van der Waals surface area contributed by atoms with Crippen LogP contribution in [-0.2, 0) is 9.53 Å². The van der Waals surface area contributed by atoms with Crippen LogP contribution in [0.25, 0.3) is 0 Å². The molecular weight excluding hydrogens is 307 g/mol. The van der Waals surface area contributed by atoms with Crippen molar-refractivity contribution >= 4 is 41.3 Å². The molecule has 1 aromatic heterocycles. The molecule has 0 radical (unpaired) electrons. The molecule has 1 aliphatic rings. The van der Waals surface area contributed by atoms with Crippen LogP contribution in [0.4, 0.5) is 0 Å². The fourth-order valence-corrected chi connectivity index (χ4v) is 2.97. The second-order valence-corrected chi connectivity index (χ2v) is 6.11. The molecule has 1 amide bonds. The molecule has 2 heterocycles. The van der Waals surface area contributed by atoms with E-state index in [-0.39, 0.29) is 30.4 Å². The molecule has 19 heavy (non-hydrogen) atoms. The van der Waals surface area contributed by atoms with Gasteiger partial charge in [-0.3, -0.25) is 4.79 Å². The SMILES string of the molecule is CC(NC(=O)CC1COCCN1)c1ccc(Cl)s1.Cl. The topological polar surface area (TPSA) is 50.4 Å². The normalized spacial score (nSPS) is 20.4. The highest BCUT2D eigenvalue weighted by Gasteiger charge is 2.18. The Morgan fingerprint density at radius 3 is 3.05 bits per heavy atom. The molecule has 0 aliphatic carbocycles. The fourth-order valence-electron chi connectivity index (χ4n) is 1.91. The Labute approximate surface area is 128 Å². The van der Waals surface area contributed by atoms with Gasteiger partial charge >= 0.3 is 0 Å². The predicted molar refractivity (Wildman–Crippen MR) is 80.4 cm³/mol. The molecule has 4 nitrogen and oxygen atoms in total. The Bertz CT molecular complexity index is 408. The Morgan fingerprint density at radius 2 is 2.47 bits per heavy atom. The van der Waals surface area contributed by atoms with E-state index in [1.54, 1.807) is 0 Å². The maximum absolute atomic E-state index is 11.9. The Kier molecular flexibility index (Phi) is 7.10. The lowest BCUT2D eigenvalue weighted by Gasteiger charge is -2.23. The molecule has 7 heteroatoms. The molecule has 2 atom stereocenters. The molecule has 1 aliphatic heterocycles.